The topological polar surface area (TPSA) is 38.3 Å². The number of hydrogen-bond acceptors (Lipinski definition) is 3. The lowest BCUT2D eigenvalue weighted by molar-refractivity contribution is -0.142. The van der Waals surface area contributed by atoms with Crippen molar-refractivity contribution in [3.63, 3.8) is 0 Å². The van der Waals surface area contributed by atoms with Crippen LogP contribution in [0, 0.1) is 5.92 Å². The summed E-state index contributed by atoms with van der Waals surface area (Å²) >= 11 is 0. The first-order valence-corrected chi connectivity index (χ1v) is 9.67. The van der Waals surface area contributed by atoms with E-state index in [-0.39, 0.29) is 12.1 Å². The molecule has 2 atom stereocenters. The molecule has 136 valence electrons. The molecular weight excluding hydrogens is 286 g/mol. The molecule has 0 bridgehead atoms. The van der Waals surface area contributed by atoms with E-state index < -0.39 is 0 Å². The van der Waals surface area contributed by atoms with Crippen LogP contribution in [0.2, 0.25) is 0 Å². The Balaban J connectivity index is 3.86. The zero-order valence-electron chi connectivity index (χ0n) is 15.7. The van der Waals surface area contributed by atoms with Crippen molar-refractivity contribution in [3.05, 3.63) is 12.7 Å². The van der Waals surface area contributed by atoms with Crippen molar-refractivity contribution < 1.29 is 9.53 Å². The summed E-state index contributed by atoms with van der Waals surface area (Å²) in [6.07, 6.45) is 14.2. The maximum atomic E-state index is 11.3. The summed E-state index contributed by atoms with van der Waals surface area (Å²) in [4.78, 5) is 11.3. The van der Waals surface area contributed by atoms with Gasteiger partial charge in [-0.25, -0.2) is 4.79 Å². The van der Waals surface area contributed by atoms with Gasteiger partial charge in [-0.3, -0.25) is 0 Å². The maximum Gasteiger partial charge on any atom is 0.330 e. The summed E-state index contributed by atoms with van der Waals surface area (Å²) in [6.45, 7) is 11.8. The van der Waals surface area contributed by atoms with Crippen LogP contribution >= 0.6 is 0 Å². The summed E-state index contributed by atoms with van der Waals surface area (Å²) in [5, 5.41) is 3.44. The lowest BCUT2D eigenvalue weighted by atomic mass is 9.94. The molecular formula is C20H39NO2. The molecule has 0 rings (SSSR count). The fourth-order valence-corrected chi connectivity index (χ4v) is 2.98. The van der Waals surface area contributed by atoms with Gasteiger partial charge in [-0.2, -0.15) is 0 Å². The van der Waals surface area contributed by atoms with Crippen LogP contribution in [0.3, 0.4) is 0 Å². The third-order valence-electron chi connectivity index (χ3n) is 4.30. The van der Waals surface area contributed by atoms with Crippen molar-refractivity contribution in [2.75, 3.05) is 13.1 Å². The van der Waals surface area contributed by atoms with Crippen LogP contribution in [0.1, 0.15) is 85.0 Å². The Labute approximate surface area is 144 Å². The molecule has 0 aromatic rings. The smallest absolute Gasteiger partial charge is 0.330 e. The van der Waals surface area contributed by atoms with E-state index in [2.05, 4.69) is 25.7 Å². The van der Waals surface area contributed by atoms with Crippen molar-refractivity contribution in [3.8, 4) is 0 Å². The van der Waals surface area contributed by atoms with E-state index >= 15 is 0 Å². The molecule has 0 aromatic heterocycles. The normalized spacial score (nSPS) is 13.5. The number of nitrogens with one attached hydrogen (secondary N) is 1. The van der Waals surface area contributed by atoms with Crippen molar-refractivity contribution in [2.45, 2.75) is 91.1 Å². The molecule has 0 aliphatic carbocycles. The molecule has 23 heavy (non-hydrogen) atoms. The van der Waals surface area contributed by atoms with Gasteiger partial charge in [0.15, 0.2) is 0 Å². The Morgan fingerprint density at radius 1 is 1.09 bits per heavy atom. The van der Waals surface area contributed by atoms with Gasteiger partial charge in [0.1, 0.15) is 0 Å². The van der Waals surface area contributed by atoms with Crippen LogP contribution < -0.4 is 5.32 Å². The fourth-order valence-electron chi connectivity index (χ4n) is 2.98. The first-order chi connectivity index (χ1) is 11.1. The predicted octanol–water partition coefficient (Wildman–Crippen LogP) is 5.25. The second-order valence-corrected chi connectivity index (χ2v) is 6.62. The largest absolute Gasteiger partial charge is 0.460 e. The summed E-state index contributed by atoms with van der Waals surface area (Å²) < 4.78 is 5.31. The Hall–Kier alpha value is -0.830. The summed E-state index contributed by atoms with van der Waals surface area (Å²) in [5.74, 6) is 0.273. The minimum Gasteiger partial charge on any atom is -0.460 e. The SMILES string of the molecule is C=CC(=O)OC(C)CC(CCCCCCCCCC)CNCC. The van der Waals surface area contributed by atoms with Gasteiger partial charge in [0, 0.05) is 6.08 Å². The zero-order valence-corrected chi connectivity index (χ0v) is 15.7. The summed E-state index contributed by atoms with van der Waals surface area (Å²) in [6, 6.07) is 0. The Kier molecular flexibility index (Phi) is 15.5. The number of rotatable bonds is 16. The first kappa shape index (κ1) is 22.2. The number of carbonyl (C=O) groups is 1. The van der Waals surface area contributed by atoms with Gasteiger partial charge in [0.05, 0.1) is 6.10 Å². The van der Waals surface area contributed by atoms with E-state index in [4.69, 9.17) is 4.74 Å². The van der Waals surface area contributed by atoms with Gasteiger partial charge in [-0.1, -0.05) is 71.8 Å². The highest BCUT2D eigenvalue weighted by molar-refractivity contribution is 5.81. The monoisotopic (exact) mass is 325 g/mol. The predicted molar refractivity (Wildman–Crippen MR) is 99.6 cm³/mol. The Bertz CT molecular complexity index is 291. The molecule has 1 N–H and O–H groups in total. The molecule has 3 nitrogen and oxygen atoms in total. The number of esters is 1. The molecule has 0 heterocycles. The summed E-state index contributed by atoms with van der Waals surface area (Å²) in [7, 11) is 0. The highest BCUT2D eigenvalue weighted by atomic mass is 16.5. The first-order valence-electron chi connectivity index (χ1n) is 9.67. The molecule has 0 aliphatic heterocycles. The molecule has 2 unspecified atom stereocenters. The molecule has 0 spiro atoms. The van der Waals surface area contributed by atoms with Crippen LogP contribution in [0.15, 0.2) is 12.7 Å². The molecule has 0 aromatic carbocycles. The van der Waals surface area contributed by atoms with Crippen LogP contribution in [0.25, 0.3) is 0 Å². The van der Waals surface area contributed by atoms with E-state index in [0.29, 0.717) is 5.92 Å². The number of hydrogen-bond donors (Lipinski definition) is 1. The molecule has 0 saturated heterocycles. The Morgan fingerprint density at radius 2 is 1.70 bits per heavy atom. The van der Waals surface area contributed by atoms with Crippen molar-refractivity contribution >= 4 is 5.97 Å². The average Bonchev–Trinajstić information content (AvgIpc) is 2.54. The van der Waals surface area contributed by atoms with Crippen LogP contribution in [-0.4, -0.2) is 25.2 Å². The van der Waals surface area contributed by atoms with Gasteiger partial charge < -0.3 is 10.1 Å². The van der Waals surface area contributed by atoms with Gasteiger partial charge in [-0.15, -0.1) is 0 Å². The third kappa shape index (κ3) is 14.5. The van der Waals surface area contributed by atoms with E-state index in [1.54, 1.807) is 0 Å². The average molecular weight is 326 g/mol. The Morgan fingerprint density at radius 3 is 2.26 bits per heavy atom. The molecule has 0 saturated carbocycles. The number of carbonyl (C=O) groups excluding carboxylic acids is 1. The quantitative estimate of drug-likeness (QED) is 0.239. The summed E-state index contributed by atoms with van der Waals surface area (Å²) in [5.41, 5.74) is 0. The van der Waals surface area contributed by atoms with E-state index in [1.165, 1.54) is 63.9 Å². The molecule has 0 radical (unpaired) electrons. The van der Waals surface area contributed by atoms with Gasteiger partial charge >= 0.3 is 5.97 Å². The standard InChI is InChI=1S/C20H39NO2/c1-5-8-9-10-11-12-13-14-15-19(17-21-7-3)16-18(4)23-20(22)6-2/h6,18-19,21H,2,5,7-17H2,1,3-4H3. The van der Waals surface area contributed by atoms with Crippen LogP contribution in [0.5, 0.6) is 0 Å². The highest BCUT2D eigenvalue weighted by Gasteiger charge is 2.15. The minimum absolute atomic E-state index is 0.0294. The van der Waals surface area contributed by atoms with E-state index in [1.807, 2.05) is 6.92 Å². The second-order valence-electron chi connectivity index (χ2n) is 6.62. The lowest BCUT2D eigenvalue weighted by Gasteiger charge is -2.21. The fraction of sp³-hybridized carbons (Fsp3) is 0.850. The van der Waals surface area contributed by atoms with E-state index in [9.17, 15) is 4.79 Å². The van der Waals surface area contributed by atoms with Crippen LogP contribution in [0.4, 0.5) is 0 Å². The zero-order chi connectivity index (χ0) is 17.3. The number of ether oxygens (including phenoxy) is 1. The van der Waals surface area contributed by atoms with Crippen molar-refractivity contribution in [1.82, 2.24) is 5.32 Å². The number of unbranched alkanes of at least 4 members (excludes halogenated alkanes) is 7. The van der Waals surface area contributed by atoms with Crippen molar-refractivity contribution in [2.24, 2.45) is 5.92 Å². The second kappa shape index (κ2) is 16.0. The maximum absolute atomic E-state index is 11.3. The van der Waals surface area contributed by atoms with Gasteiger partial charge in [0.2, 0.25) is 0 Å². The lowest BCUT2D eigenvalue weighted by Crippen LogP contribution is -2.26. The molecule has 3 heteroatoms. The van der Waals surface area contributed by atoms with Crippen molar-refractivity contribution in [1.29, 1.82) is 0 Å². The van der Waals surface area contributed by atoms with Gasteiger partial charge in [0.25, 0.3) is 0 Å². The molecule has 0 aliphatic rings. The minimum atomic E-state index is -0.313. The third-order valence-corrected chi connectivity index (χ3v) is 4.30. The molecule has 0 amide bonds. The van der Waals surface area contributed by atoms with Crippen LogP contribution in [-0.2, 0) is 9.53 Å². The molecule has 0 fully saturated rings. The highest BCUT2D eigenvalue weighted by Crippen LogP contribution is 2.18. The van der Waals surface area contributed by atoms with E-state index in [0.717, 1.165) is 19.5 Å². The van der Waals surface area contributed by atoms with Gasteiger partial charge in [-0.05, 0) is 38.8 Å².